The first kappa shape index (κ1) is 18.6. The third-order valence-corrected chi connectivity index (χ3v) is 4.13. The minimum Gasteiger partial charge on any atom is -0.439 e. The van der Waals surface area contributed by atoms with E-state index in [0.717, 1.165) is 29.7 Å². The summed E-state index contributed by atoms with van der Waals surface area (Å²) in [7, 11) is 3.84. The number of rotatable bonds is 6. The lowest BCUT2D eigenvalue weighted by Crippen LogP contribution is -2.39. The van der Waals surface area contributed by atoms with Gasteiger partial charge in [-0.3, -0.25) is 4.68 Å². The molecule has 0 aliphatic rings. The number of aliphatic imine (C=N–C) groups is 1. The van der Waals surface area contributed by atoms with E-state index in [9.17, 15) is 0 Å². The molecule has 2 aromatic heterocycles. The number of oxazole rings is 1. The van der Waals surface area contributed by atoms with Crippen molar-refractivity contribution < 1.29 is 4.42 Å². The number of benzene rings is 1. The summed E-state index contributed by atoms with van der Waals surface area (Å²) in [6.45, 7) is 5.82. The van der Waals surface area contributed by atoms with Crippen LogP contribution in [-0.2, 0) is 20.1 Å². The fraction of sp³-hybridized carbons (Fsp3) is 0.368. The zero-order valence-electron chi connectivity index (χ0n) is 16.2. The van der Waals surface area contributed by atoms with E-state index in [1.54, 1.807) is 17.2 Å². The summed E-state index contributed by atoms with van der Waals surface area (Å²) < 4.78 is 7.60. The molecule has 0 spiro atoms. The maximum atomic E-state index is 5.85. The highest BCUT2D eigenvalue weighted by atomic mass is 16.4. The maximum Gasteiger partial charge on any atom is 0.216 e. The fourth-order valence-corrected chi connectivity index (χ4v) is 2.60. The summed E-state index contributed by atoms with van der Waals surface area (Å²) in [5, 5.41) is 7.38. The Morgan fingerprint density at radius 2 is 2.04 bits per heavy atom. The second-order valence-electron chi connectivity index (χ2n) is 6.31. The first-order valence-corrected chi connectivity index (χ1v) is 8.91. The Bertz CT molecular complexity index is 895. The Hall–Kier alpha value is -3.16. The molecule has 3 rings (SSSR count). The molecular formula is C19H25N7O. The van der Waals surface area contributed by atoms with Crippen LogP contribution < -0.4 is 5.32 Å². The van der Waals surface area contributed by atoms with Crippen molar-refractivity contribution in [2.45, 2.75) is 26.9 Å². The van der Waals surface area contributed by atoms with Gasteiger partial charge in [0.2, 0.25) is 5.89 Å². The van der Waals surface area contributed by atoms with Crippen LogP contribution in [0.2, 0.25) is 0 Å². The molecule has 0 saturated heterocycles. The third-order valence-electron chi connectivity index (χ3n) is 4.13. The van der Waals surface area contributed by atoms with Crippen LogP contribution in [0.5, 0.6) is 0 Å². The van der Waals surface area contributed by atoms with Gasteiger partial charge in [0, 0.05) is 26.2 Å². The largest absolute Gasteiger partial charge is 0.439 e. The smallest absolute Gasteiger partial charge is 0.216 e. The molecule has 2 heterocycles. The molecule has 8 nitrogen and oxygen atoms in total. The Morgan fingerprint density at radius 1 is 1.26 bits per heavy atom. The molecule has 1 aromatic carbocycles. The van der Waals surface area contributed by atoms with E-state index < -0.39 is 0 Å². The molecule has 3 aromatic rings. The van der Waals surface area contributed by atoms with Gasteiger partial charge in [0.25, 0.3) is 0 Å². The maximum absolute atomic E-state index is 5.85. The van der Waals surface area contributed by atoms with Crippen LogP contribution in [0.4, 0.5) is 0 Å². The van der Waals surface area contributed by atoms with Crippen LogP contribution in [0, 0.1) is 6.92 Å². The molecule has 27 heavy (non-hydrogen) atoms. The van der Waals surface area contributed by atoms with Gasteiger partial charge in [0.1, 0.15) is 18.7 Å². The molecule has 0 saturated carbocycles. The number of guanidine groups is 1. The normalized spacial score (nSPS) is 11.6. The molecule has 1 N–H and O–H groups in total. The molecule has 142 valence electrons. The Balaban J connectivity index is 1.69. The van der Waals surface area contributed by atoms with Crippen molar-refractivity contribution >= 4 is 5.96 Å². The van der Waals surface area contributed by atoms with E-state index in [1.807, 2.05) is 38.1 Å². The van der Waals surface area contributed by atoms with E-state index in [2.05, 4.69) is 44.4 Å². The lowest BCUT2D eigenvalue weighted by atomic mass is 10.1. The molecule has 0 atom stereocenters. The van der Waals surface area contributed by atoms with Crippen LogP contribution in [0.3, 0.4) is 0 Å². The van der Waals surface area contributed by atoms with E-state index in [-0.39, 0.29) is 0 Å². The predicted molar refractivity (Wildman–Crippen MR) is 104 cm³/mol. The van der Waals surface area contributed by atoms with Gasteiger partial charge < -0.3 is 14.6 Å². The highest BCUT2D eigenvalue weighted by molar-refractivity contribution is 5.79. The molecule has 0 radical (unpaired) electrons. The number of nitrogens with one attached hydrogen (secondary N) is 1. The van der Waals surface area contributed by atoms with Gasteiger partial charge in [0.05, 0.1) is 12.7 Å². The highest BCUT2D eigenvalue weighted by Crippen LogP contribution is 2.21. The minimum absolute atomic E-state index is 0.358. The van der Waals surface area contributed by atoms with Crippen LogP contribution in [0.15, 0.2) is 46.2 Å². The average molecular weight is 367 g/mol. The van der Waals surface area contributed by atoms with Crippen molar-refractivity contribution in [1.29, 1.82) is 0 Å². The summed E-state index contributed by atoms with van der Waals surface area (Å²) >= 11 is 0. The van der Waals surface area contributed by atoms with Gasteiger partial charge in [-0.05, 0) is 13.8 Å². The number of hydrogen-bond acceptors (Lipinski definition) is 5. The van der Waals surface area contributed by atoms with Crippen molar-refractivity contribution in [2.75, 3.05) is 13.6 Å². The topological polar surface area (TPSA) is 84.4 Å². The average Bonchev–Trinajstić information content (AvgIpc) is 3.29. The van der Waals surface area contributed by atoms with Gasteiger partial charge in [-0.25, -0.2) is 15.0 Å². The number of hydrogen-bond donors (Lipinski definition) is 1. The standard InChI is InChI=1S/C19H25N7O/c1-5-20-19(25(3)12-17-23-13-24-26(17)4)22-11-18-21-10-16(27-18)15-8-6-14(2)7-9-15/h6-10,13H,5,11-12H2,1-4H3,(H,20,22). The van der Waals surface area contributed by atoms with E-state index in [1.165, 1.54) is 5.56 Å². The molecular weight excluding hydrogens is 342 g/mol. The van der Waals surface area contributed by atoms with Crippen LogP contribution in [0.1, 0.15) is 24.2 Å². The van der Waals surface area contributed by atoms with Crippen molar-refractivity contribution in [3.63, 3.8) is 0 Å². The predicted octanol–water partition coefficient (Wildman–Crippen LogP) is 2.38. The van der Waals surface area contributed by atoms with Crippen molar-refractivity contribution in [3.8, 4) is 11.3 Å². The molecule has 0 bridgehead atoms. The van der Waals surface area contributed by atoms with E-state index in [4.69, 9.17) is 4.42 Å². The molecule has 8 heteroatoms. The summed E-state index contributed by atoms with van der Waals surface area (Å²) in [6.07, 6.45) is 3.29. The van der Waals surface area contributed by atoms with Crippen molar-refractivity contribution in [1.82, 2.24) is 30.0 Å². The molecule has 0 fully saturated rings. The molecule has 0 amide bonds. The van der Waals surface area contributed by atoms with Gasteiger partial charge in [0.15, 0.2) is 11.7 Å². The van der Waals surface area contributed by atoms with Gasteiger partial charge in [-0.2, -0.15) is 5.10 Å². The Kier molecular flexibility index (Phi) is 5.85. The van der Waals surface area contributed by atoms with Gasteiger partial charge >= 0.3 is 0 Å². The summed E-state index contributed by atoms with van der Waals surface area (Å²) in [6, 6.07) is 8.17. The summed E-state index contributed by atoms with van der Waals surface area (Å²) in [5.74, 6) is 2.95. The van der Waals surface area contributed by atoms with E-state index in [0.29, 0.717) is 19.0 Å². The van der Waals surface area contributed by atoms with Gasteiger partial charge in [-0.1, -0.05) is 29.8 Å². The van der Waals surface area contributed by atoms with E-state index >= 15 is 0 Å². The van der Waals surface area contributed by atoms with Gasteiger partial charge in [-0.15, -0.1) is 0 Å². The van der Waals surface area contributed by atoms with Crippen LogP contribution >= 0.6 is 0 Å². The van der Waals surface area contributed by atoms with Crippen molar-refractivity contribution in [3.05, 3.63) is 54.1 Å². The second kappa shape index (κ2) is 8.48. The first-order chi connectivity index (χ1) is 13.1. The third kappa shape index (κ3) is 4.72. The fourth-order valence-electron chi connectivity index (χ4n) is 2.60. The lowest BCUT2D eigenvalue weighted by Gasteiger charge is -2.21. The Morgan fingerprint density at radius 3 is 2.70 bits per heavy atom. The van der Waals surface area contributed by atoms with Crippen LogP contribution in [0.25, 0.3) is 11.3 Å². The minimum atomic E-state index is 0.358. The summed E-state index contributed by atoms with van der Waals surface area (Å²) in [4.78, 5) is 15.2. The zero-order chi connectivity index (χ0) is 19.2. The lowest BCUT2D eigenvalue weighted by molar-refractivity contribution is 0.445. The Labute approximate surface area is 159 Å². The SMILES string of the molecule is CCNC(=NCc1ncc(-c2ccc(C)cc2)o1)N(C)Cc1ncnn1C. The second-order valence-corrected chi connectivity index (χ2v) is 6.31. The quantitative estimate of drug-likeness (QED) is 0.532. The monoisotopic (exact) mass is 367 g/mol. The summed E-state index contributed by atoms with van der Waals surface area (Å²) in [5.41, 5.74) is 2.22. The highest BCUT2D eigenvalue weighted by Gasteiger charge is 2.11. The number of nitrogens with zero attached hydrogens (tertiary/aromatic N) is 6. The molecule has 0 aliphatic heterocycles. The zero-order valence-corrected chi connectivity index (χ0v) is 16.2. The molecule has 0 unspecified atom stereocenters. The van der Waals surface area contributed by atoms with Crippen molar-refractivity contribution in [2.24, 2.45) is 12.0 Å². The number of aryl methyl sites for hydroxylation is 2. The number of aromatic nitrogens is 4. The molecule has 0 aliphatic carbocycles. The van der Waals surface area contributed by atoms with Crippen LogP contribution in [-0.4, -0.2) is 44.2 Å². The first-order valence-electron chi connectivity index (χ1n) is 8.91.